The molecule has 0 unspecified atom stereocenters. The van der Waals surface area contributed by atoms with Crippen LogP contribution in [0, 0.1) is 0 Å². The van der Waals surface area contributed by atoms with Crippen molar-refractivity contribution >= 4 is 29.3 Å². The number of hydrogen-bond donors (Lipinski definition) is 4. The molecule has 1 heterocycles. The van der Waals surface area contributed by atoms with Crippen molar-refractivity contribution in [3.8, 4) is 0 Å². The summed E-state index contributed by atoms with van der Waals surface area (Å²) in [7, 11) is 0. The predicted octanol–water partition coefficient (Wildman–Crippen LogP) is 2.65. The molecule has 4 N–H and O–H groups in total. The van der Waals surface area contributed by atoms with E-state index in [0.29, 0.717) is 30.9 Å². The number of imidazole rings is 1. The number of halogens is 1. The SMILES string of the molecule is CCCCCNc1nc(Cl)[nH]c1C(=O)NCCCCC(=O)O. The first-order chi connectivity index (χ1) is 10.5. The average Bonchev–Trinajstić information content (AvgIpc) is 2.84. The molecule has 0 aliphatic carbocycles. The van der Waals surface area contributed by atoms with Crippen LogP contribution < -0.4 is 10.6 Å². The monoisotopic (exact) mass is 330 g/mol. The molecule has 1 rings (SSSR count). The van der Waals surface area contributed by atoms with E-state index in [4.69, 9.17) is 16.7 Å². The third kappa shape index (κ3) is 6.80. The van der Waals surface area contributed by atoms with Crippen LogP contribution in [0.4, 0.5) is 5.82 Å². The van der Waals surface area contributed by atoms with Crippen LogP contribution >= 0.6 is 11.6 Å². The van der Waals surface area contributed by atoms with Crippen molar-refractivity contribution in [2.45, 2.75) is 45.4 Å². The Hall–Kier alpha value is -1.76. The van der Waals surface area contributed by atoms with Crippen molar-refractivity contribution < 1.29 is 14.7 Å². The number of carboxylic acid groups (broad SMARTS) is 1. The molecule has 0 atom stereocenters. The van der Waals surface area contributed by atoms with Gasteiger partial charge in [-0.25, -0.2) is 4.98 Å². The van der Waals surface area contributed by atoms with Gasteiger partial charge < -0.3 is 20.7 Å². The summed E-state index contributed by atoms with van der Waals surface area (Å²) in [5.41, 5.74) is 0.305. The molecule has 0 aliphatic rings. The van der Waals surface area contributed by atoms with Crippen LogP contribution in [0.15, 0.2) is 0 Å². The number of amides is 1. The molecular formula is C14H23ClN4O3. The lowest BCUT2D eigenvalue weighted by Crippen LogP contribution is -2.26. The van der Waals surface area contributed by atoms with E-state index >= 15 is 0 Å². The second kappa shape index (κ2) is 10.0. The third-order valence-corrected chi connectivity index (χ3v) is 3.26. The Labute approximate surface area is 134 Å². The number of unbranched alkanes of at least 4 members (excludes halogenated alkanes) is 3. The molecule has 1 aromatic heterocycles. The fourth-order valence-corrected chi connectivity index (χ4v) is 2.09. The largest absolute Gasteiger partial charge is 0.481 e. The zero-order chi connectivity index (χ0) is 16.4. The summed E-state index contributed by atoms with van der Waals surface area (Å²) < 4.78 is 0. The van der Waals surface area contributed by atoms with Crippen molar-refractivity contribution in [3.05, 3.63) is 11.0 Å². The minimum atomic E-state index is -0.828. The van der Waals surface area contributed by atoms with Crippen LogP contribution in [-0.4, -0.2) is 40.0 Å². The maximum absolute atomic E-state index is 12.1. The Bertz CT molecular complexity index is 490. The highest BCUT2D eigenvalue weighted by molar-refractivity contribution is 6.28. The number of nitrogens with one attached hydrogen (secondary N) is 3. The van der Waals surface area contributed by atoms with Crippen molar-refractivity contribution in [2.75, 3.05) is 18.4 Å². The van der Waals surface area contributed by atoms with E-state index in [-0.39, 0.29) is 17.6 Å². The zero-order valence-corrected chi connectivity index (χ0v) is 13.5. The van der Waals surface area contributed by atoms with Gasteiger partial charge in [0, 0.05) is 19.5 Å². The van der Waals surface area contributed by atoms with Crippen LogP contribution in [0.25, 0.3) is 0 Å². The van der Waals surface area contributed by atoms with Gasteiger partial charge in [0.15, 0.2) is 5.82 Å². The maximum atomic E-state index is 12.1. The van der Waals surface area contributed by atoms with Gasteiger partial charge in [0.25, 0.3) is 5.91 Å². The van der Waals surface area contributed by atoms with Gasteiger partial charge in [0.05, 0.1) is 0 Å². The Morgan fingerprint density at radius 2 is 1.95 bits per heavy atom. The molecule has 0 radical (unpaired) electrons. The standard InChI is InChI=1S/C14H23ClN4O3/c1-2-3-5-8-16-12-11(18-14(15)19-12)13(22)17-9-6-4-7-10(20)21/h16H,2-9H2,1H3,(H,17,22)(H,18,19)(H,20,21). The molecule has 0 saturated heterocycles. The van der Waals surface area contributed by atoms with E-state index in [1.54, 1.807) is 0 Å². The van der Waals surface area contributed by atoms with Gasteiger partial charge in [-0.3, -0.25) is 9.59 Å². The molecule has 0 fully saturated rings. The molecule has 1 amide bonds. The highest BCUT2D eigenvalue weighted by Gasteiger charge is 2.16. The first-order valence-electron chi connectivity index (χ1n) is 7.54. The van der Waals surface area contributed by atoms with Crippen molar-refractivity contribution in [3.63, 3.8) is 0 Å². The van der Waals surface area contributed by atoms with Gasteiger partial charge in [-0.2, -0.15) is 0 Å². The Balaban J connectivity index is 2.41. The lowest BCUT2D eigenvalue weighted by Gasteiger charge is -2.07. The number of carbonyl (C=O) groups is 2. The summed E-state index contributed by atoms with van der Waals surface area (Å²) in [6.07, 6.45) is 4.47. The number of H-pyrrole nitrogens is 1. The number of aromatic amines is 1. The summed E-state index contributed by atoms with van der Waals surface area (Å²) in [5, 5.41) is 14.5. The highest BCUT2D eigenvalue weighted by Crippen LogP contribution is 2.16. The van der Waals surface area contributed by atoms with E-state index < -0.39 is 5.97 Å². The van der Waals surface area contributed by atoms with Gasteiger partial charge in [-0.1, -0.05) is 19.8 Å². The van der Waals surface area contributed by atoms with Crippen molar-refractivity contribution in [1.29, 1.82) is 0 Å². The van der Waals surface area contributed by atoms with E-state index in [1.165, 1.54) is 0 Å². The zero-order valence-electron chi connectivity index (χ0n) is 12.7. The molecule has 124 valence electrons. The van der Waals surface area contributed by atoms with Crippen LogP contribution in [-0.2, 0) is 4.79 Å². The van der Waals surface area contributed by atoms with Gasteiger partial charge in [0.1, 0.15) is 5.69 Å². The number of nitrogens with zero attached hydrogens (tertiary/aromatic N) is 1. The van der Waals surface area contributed by atoms with E-state index in [2.05, 4.69) is 27.5 Å². The Morgan fingerprint density at radius 3 is 2.64 bits per heavy atom. The predicted molar refractivity (Wildman–Crippen MR) is 85.4 cm³/mol. The summed E-state index contributed by atoms with van der Waals surface area (Å²) in [5.74, 6) is -0.679. The minimum Gasteiger partial charge on any atom is -0.481 e. The Morgan fingerprint density at radius 1 is 1.23 bits per heavy atom. The minimum absolute atomic E-state index is 0.107. The molecule has 0 spiro atoms. The van der Waals surface area contributed by atoms with Crippen LogP contribution in [0.1, 0.15) is 55.9 Å². The first kappa shape index (κ1) is 18.3. The van der Waals surface area contributed by atoms with Gasteiger partial charge in [-0.05, 0) is 30.9 Å². The molecular weight excluding hydrogens is 308 g/mol. The summed E-state index contributed by atoms with van der Waals surface area (Å²) >= 11 is 5.82. The molecule has 1 aromatic rings. The number of carboxylic acids is 1. The van der Waals surface area contributed by atoms with Crippen LogP contribution in [0.5, 0.6) is 0 Å². The average molecular weight is 331 g/mol. The van der Waals surface area contributed by atoms with Gasteiger partial charge in [-0.15, -0.1) is 0 Å². The fourth-order valence-electron chi connectivity index (χ4n) is 1.91. The molecule has 0 aliphatic heterocycles. The lowest BCUT2D eigenvalue weighted by atomic mass is 10.2. The summed E-state index contributed by atoms with van der Waals surface area (Å²) in [4.78, 5) is 29.2. The Kier molecular flexibility index (Phi) is 8.35. The maximum Gasteiger partial charge on any atom is 0.303 e. The molecule has 7 nitrogen and oxygen atoms in total. The molecule has 0 aromatic carbocycles. The highest BCUT2D eigenvalue weighted by atomic mass is 35.5. The van der Waals surface area contributed by atoms with E-state index in [1.807, 2.05) is 0 Å². The second-order valence-corrected chi connectivity index (χ2v) is 5.35. The number of hydrogen-bond acceptors (Lipinski definition) is 4. The number of aromatic nitrogens is 2. The van der Waals surface area contributed by atoms with Gasteiger partial charge >= 0.3 is 5.97 Å². The number of rotatable bonds is 11. The number of anilines is 1. The van der Waals surface area contributed by atoms with Crippen LogP contribution in [0.2, 0.25) is 5.28 Å². The van der Waals surface area contributed by atoms with Crippen molar-refractivity contribution in [2.24, 2.45) is 0 Å². The lowest BCUT2D eigenvalue weighted by molar-refractivity contribution is -0.137. The summed E-state index contributed by atoms with van der Waals surface area (Å²) in [6.45, 7) is 3.26. The van der Waals surface area contributed by atoms with Gasteiger partial charge in [0.2, 0.25) is 5.28 Å². The smallest absolute Gasteiger partial charge is 0.303 e. The van der Waals surface area contributed by atoms with Crippen molar-refractivity contribution in [1.82, 2.24) is 15.3 Å². The topological polar surface area (TPSA) is 107 Å². The quantitative estimate of drug-likeness (QED) is 0.467. The third-order valence-electron chi connectivity index (χ3n) is 3.08. The van der Waals surface area contributed by atoms with E-state index in [0.717, 1.165) is 25.8 Å². The molecule has 22 heavy (non-hydrogen) atoms. The second-order valence-electron chi connectivity index (χ2n) is 4.99. The first-order valence-corrected chi connectivity index (χ1v) is 7.91. The molecule has 0 bridgehead atoms. The number of aliphatic carboxylic acids is 1. The van der Waals surface area contributed by atoms with Crippen LogP contribution in [0.3, 0.4) is 0 Å². The number of carbonyl (C=O) groups excluding carboxylic acids is 1. The normalized spacial score (nSPS) is 10.5. The molecule has 0 saturated carbocycles. The fraction of sp³-hybridized carbons (Fsp3) is 0.643. The molecule has 8 heteroatoms. The van der Waals surface area contributed by atoms with E-state index in [9.17, 15) is 9.59 Å². The summed E-state index contributed by atoms with van der Waals surface area (Å²) in [6, 6.07) is 0.